The Balaban J connectivity index is 2.18. The molecule has 0 amide bonds. The Morgan fingerprint density at radius 2 is 1.95 bits per heavy atom. The van der Waals surface area contributed by atoms with E-state index in [2.05, 4.69) is 5.32 Å². The van der Waals surface area contributed by atoms with Gasteiger partial charge in [0.2, 0.25) is 0 Å². The maximum absolute atomic E-state index is 11.1. The van der Waals surface area contributed by atoms with Crippen LogP contribution in [0.1, 0.15) is 27.0 Å². The molecule has 0 aliphatic carbocycles. The van der Waals surface area contributed by atoms with E-state index in [0.29, 0.717) is 12.2 Å². The third-order valence-electron chi connectivity index (χ3n) is 3.29. The maximum Gasteiger partial charge on any atom is 0.337 e. The van der Waals surface area contributed by atoms with Crippen molar-refractivity contribution in [1.82, 2.24) is 0 Å². The number of nitrogens with one attached hydrogen (secondary N) is 1. The first-order valence-corrected chi connectivity index (χ1v) is 6.57. The van der Waals surface area contributed by atoms with Crippen molar-refractivity contribution in [2.24, 2.45) is 0 Å². The molecule has 0 aromatic heterocycles. The van der Waals surface area contributed by atoms with Crippen LogP contribution in [0, 0.1) is 6.92 Å². The van der Waals surface area contributed by atoms with Crippen LogP contribution < -0.4 is 11.1 Å². The summed E-state index contributed by atoms with van der Waals surface area (Å²) in [6.45, 7) is 2.31. The highest BCUT2D eigenvalue weighted by atomic mass is 16.4. The summed E-state index contributed by atoms with van der Waals surface area (Å²) in [4.78, 5) is 11.1. The Bertz CT molecular complexity index is 669. The molecule has 0 spiro atoms. The Kier molecular flexibility index (Phi) is 4.45. The Labute approximate surface area is 123 Å². The molecule has 2 aromatic rings. The third-order valence-corrected chi connectivity index (χ3v) is 3.29. The number of aliphatic hydroxyl groups excluding tert-OH is 1. The lowest BCUT2D eigenvalue weighted by molar-refractivity contribution is 0.0698. The maximum atomic E-state index is 11.1. The van der Waals surface area contributed by atoms with Gasteiger partial charge >= 0.3 is 5.97 Å². The number of hydrogen-bond donors (Lipinski definition) is 4. The van der Waals surface area contributed by atoms with Crippen LogP contribution in [0.4, 0.5) is 11.4 Å². The number of carboxylic acids is 1. The molecule has 0 bridgehead atoms. The van der Waals surface area contributed by atoms with Gasteiger partial charge in [-0.15, -0.1) is 0 Å². The summed E-state index contributed by atoms with van der Waals surface area (Å²) in [6.07, 6.45) is 0. The van der Waals surface area contributed by atoms with Crippen LogP contribution in [0.5, 0.6) is 0 Å². The molecule has 0 heterocycles. The van der Waals surface area contributed by atoms with Crippen molar-refractivity contribution in [2.75, 3.05) is 11.1 Å². The minimum absolute atomic E-state index is 0.00200. The van der Waals surface area contributed by atoms with E-state index in [1.54, 1.807) is 6.92 Å². The first-order valence-electron chi connectivity index (χ1n) is 6.57. The highest BCUT2D eigenvalue weighted by molar-refractivity contribution is 5.95. The fourth-order valence-corrected chi connectivity index (χ4v) is 2.12. The summed E-state index contributed by atoms with van der Waals surface area (Å²) in [7, 11) is 0. The average molecular weight is 286 g/mol. The summed E-state index contributed by atoms with van der Waals surface area (Å²) >= 11 is 0. The second-order valence-corrected chi connectivity index (χ2v) is 4.89. The Morgan fingerprint density at radius 3 is 2.62 bits per heavy atom. The molecule has 0 aliphatic heterocycles. The average Bonchev–Trinajstić information content (AvgIpc) is 2.48. The monoisotopic (exact) mass is 286 g/mol. The number of carboxylic acid groups (broad SMARTS) is 1. The van der Waals surface area contributed by atoms with Crippen molar-refractivity contribution in [3.63, 3.8) is 0 Å². The molecule has 0 saturated carbocycles. The van der Waals surface area contributed by atoms with E-state index in [9.17, 15) is 4.79 Å². The van der Waals surface area contributed by atoms with E-state index in [-0.39, 0.29) is 17.9 Å². The fraction of sp³-hybridized carbons (Fsp3) is 0.188. The first kappa shape index (κ1) is 14.9. The van der Waals surface area contributed by atoms with Crippen LogP contribution in [0.15, 0.2) is 36.4 Å². The van der Waals surface area contributed by atoms with Crippen LogP contribution in [-0.4, -0.2) is 16.2 Å². The molecule has 21 heavy (non-hydrogen) atoms. The molecule has 0 unspecified atom stereocenters. The van der Waals surface area contributed by atoms with Crippen LogP contribution in [0.25, 0.3) is 0 Å². The summed E-state index contributed by atoms with van der Waals surface area (Å²) < 4.78 is 0. The van der Waals surface area contributed by atoms with Gasteiger partial charge in [-0.2, -0.15) is 0 Å². The van der Waals surface area contributed by atoms with Gasteiger partial charge in [-0.25, -0.2) is 4.79 Å². The van der Waals surface area contributed by atoms with Crippen molar-refractivity contribution < 1.29 is 15.0 Å². The highest BCUT2D eigenvalue weighted by Crippen LogP contribution is 2.23. The minimum Gasteiger partial charge on any atom is -0.478 e. The van der Waals surface area contributed by atoms with Gasteiger partial charge in [0.05, 0.1) is 12.2 Å². The molecule has 2 aromatic carbocycles. The smallest absolute Gasteiger partial charge is 0.337 e. The molecule has 5 nitrogen and oxygen atoms in total. The fourth-order valence-electron chi connectivity index (χ4n) is 2.12. The SMILES string of the molecule is Cc1cc(NCc2cccc(CO)c2)cc(C(=O)O)c1N. The van der Waals surface area contributed by atoms with Gasteiger partial charge < -0.3 is 21.3 Å². The molecule has 110 valence electrons. The van der Waals surface area contributed by atoms with Crippen molar-refractivity contribution in [3.8, 4) is 0 Å². The second kappa shape index (κ2) is 6.28. The number of nitrogens with two attached hydrogens (primary N) is 1. The zero-order chi connectivity index (χ0) is 15.4. The molecule has 5 N–H and O–H groups in total. The van der Waals surface area contributed by atoms with Crippen LogP contribution in [-0.2, 0) is 13.2 Å². The van der Waals surface area contributed by atoms with E-state index in [1.165, 1.54) is 6.07 Å². The number of aryl methyl sites for hydroxylation is 1. The van der Waals surface area contributed by atoms with Crippen molar-refractivity contribution in [3.05, 3.63) is 58.7 Å². The van der Waals surface area contributed by atoms with Crippen molar-refractivity contribution in [2.45, 2.75) is 20.1 Å². The second-order valence-electron chi connectivity index (χ2n) is 4.89. The van der Waals surface area contributed by atoms with Gasteiger partial charge in [-0.1, -0.05) is 24.3 Å². The van der Waals surface area contributed by atoms with Gasteiger partial charge in [0, 0.05) is 17.9 Å². The number of aromatic carboxylic acids is 1. The Morgan fingerprint density at radius 1 is 1.24 bits per heavy atom. The van der Waals surface area contributed by atoms with Crippen LogP contribution in [0.2, 0.25) is 0 Å². The molecule has 5 heteroatoms. The van der Waals surface area contributed by atoms with Gasteiger partial charge in [0.25, 0.3) is 0 Å². The largest absolute Gasteiger partial charge is 0.478 e. The normalized spacial score (nSPS) is 10.4. The number of anilines is 2. The molecular weight excluding hydrogens is 268 g/mol. The lowest BCUT2D eigenvalue weighted by Crippen LogP contribution is -2.07. The molecule has 0 aliphatic rings. The molecule has 2 rings (SSSR count). The summed E-state index contributed by atoms with van der Waals surface area (Å²) in [5.41, 5.74) is 9.42. The predicted octanol–water partition coefficient (Wildman–Crippen LogP) is 2.38. The number of hydrogen-bond acceptors (Lipinski definition) is 4. The van der Waals surface area contributed by atoms with Gasteiger partial charge in [-0.3, -0.25) is 0 Å². The summed E-state index contributed by atoms with van der Waals surface area (Å²) in [5.74, 6) is -1.04. The van der Waals surface area contributed by atoms with E-state index in [0.717, 1.165) is 16.7 Å². The standard InChI is InChI=1S/C16H18N2O3/c1-10-5-13(7-14(15(10)17)16(20)21)18-8-11-3-2-4-12(6-11)9-19/h2-7,18-19H,8-9,17H2,1H3,(H,20,21). The van der Waals surface area contributed by atoms with Crippen molar-refractivity contribution in [1.29, 1.82) is 0 Å². The zero-order valence-electron chi connectivity index (χ0n) is 11.8. The highest BCUT2D eigenvalue weighted by Gasteiger charge is 2.11. The van der Waals surface area contributed by atoms with Gasteiger partial charge in [0.15, 0.2) is 0 Å². The third kappa shape index (κ3) is 3.52. The number of benzene rings is 2. The summed E-state index contributed by atoms with van der Waals surface area (Å²) in [5, 5.41) is 21.4. The van der Waals surface area contributed by atoms with E-state index in [4.69, 9.17) is 15.9 Å². The minimum atomic E-state index is -1.04. The van der Waals surface area contributed by atoms with E-state index < -0.39 is 5.97 Å². The quantitative estimate of drug-likeness (QED) is 0.633. The lowest BCUT2D eigenvalue weighted by atomic mass is 10.1. The van der Waals surface area contributed by atoms with Crippen LogP contribution >= 0.6 is 0 Å². The Hall–Kier alpha value is -2.53. The number of nitrogen functional groups attached to an aromatic ring is 1. The van der Waals surface area contributed by atoms with Crippen molar-refractivity contribution >= 4 is 17.3 Å². The number of rotatable bonds is 5. The summed E-state index contributed by atoms with van der Waals surface area (Å²) in [6, 6.07) is 10.9. The number of carbonyl (C=O) groups is 1. The van der Waals surface area contributed by atoms with Crippen LogP contribution in [0.3, 0.4) is 0 Å². The van der Waals surface area contributed by atoms with Gasteiger partial charge in [0.1, 0.15) is 0 Å². The van der Waals surface area contributed by atoms with E-state index >= 15 is 0 Å². The molecular formula is C16H18N2O3. The topological polar surface area (TPSA) is 95.6 Å². The molecule has 0 saturated heterocycles. The molecule has 0 atom stereocenters. The van der Waals surface area contributed by atoms with Gasteiger partial charge in [-0.05, 0) is 35.7 Å². The zero-order valence-corrected chi connectivity index (χ0v) is 11.8. The van der Waals surface area contributed by atoms with E-state index in [1.807, 2.05) is 30.3 Å². The first-order chi connectivity index (χ1) is 10.0. The number of aliphatic hydroxyl groups is 1. The molecule has 0 fully saturated rings. The lowest BCUT2D eigenvalue weighted by Gasteiger charge is -2.12. The molecule has 0 radical (unpaired) electrons. The predicted molar refractivity (Wildman–Crippen MR) is 82.2 cm³/mol.